The van der Waals surface area contributed by atoms with Crippen molar-refractivity contribution in [2.75, 3.05) is 5.32 Å². The molecule has 0 aliphatic heterocycles. The molecule has 0 spiro atoms. The number of anilines is 1. The summed E-state index contributed by atoms with van der Waals surface area (Å²) < 4.78 is 0. The second-order valence-corrected chi connectivity index (χ2v) is 8.21. The fourth-order valence-electron chi connectivity index (χ4n) is 3.44. The molecule has 1 aromatic heterocycles. The van der Waals surface area contributed by atoms with Crippen LogP contribution in [-0.4, -0.2) is 21.1 Å². The predicted octanol–water partition coefficient (Wildman–Crippen LogP) is 4.32. The van der Waals surface area contributed by atoms with E-state index in [1.54, 1.807) is 11.8 Å². The number of carbonyl (C=O) groups excluding carboxylic acids is 1. The van der Waals surface area contributed by atoms with Crippen molar-refractivity contribution >= 4 is 23.4 Å². The van der Waals surface area contributed by atoms with E-state index in [2.05, 4.69) is 34.3 Å². The number of carbonyl (C=O) groups is 1. The van der Waals surface area contributed by atoms with Gasteiger partial charge in [-0.2, -0.15) is 0 Å². The van der Waals surface area contributed by atoms with E-state index in [1.165, 1.54) is 11.1 Å². The molecule has 25 heavy (non-hydrogen) atoms. The van der Waals surface area contributed by atoms with Crippen LogP contribution in [0.5, 0.6) is 0 Å². The lowest BCUT2D eigenvalue weighted by Crippen LogP contribution is -2.24. The second-order valence-electron chi connectivity index (χ2n) is 6.88. The molecular formula is C20H25N3OS. The van der Waals surface area contributed by atoms with Gasteiger partial charge >= 0.3 is 0 Å². The third-order valence-electron chi connectivity index (χ3n) is 4.59. The molecule has 0 bridgehead atoms. The van der Waals surface area contributed by atoms with Gasteiger partial charge in [-0.25, -0.2) is 9.97 Å². The Bertz CT molecular complexity index is 809. The summed E-state index contributed by atoms with van der Waals surface area (Å²) in [5.41, 5.74) is 6.73. The first-order chi connectivity index (χ1) is 11.8. The first kappa shape index (κ1) is 17.9. The highest BCUT2D eigenvalue weighted by Gasteiger charge is 2.23. The first-order valence-electron chi connectivity index (χ1n) is 8.77. The van der Waals surface area contributed by atoms with Crippen LogP contribution in [0, 0.1) is 27.7 Å². The Kier molecular flexibility index (Phi) is 5.13. The number of thioether (sulfide) groups is 1. The zero-order chi connectivity index (χ0) is 18.1. The lowest BCUT2D eigenvalue weighted by atomic mass is 10.1. The molecule has 2 aromatic rings. The minimum Gasteiger partial charge on any atom is -0.325 e. The van der Waals surface area contributed by atoms with E-state index < -0.39 is 0 Å². The quantitative estimate of drug-likeness (QED) is 0.655. The number of benzene rings is 1. The van der Waals surface area contributed by atoms with Crippen molar-refractivity contribution in [3.63, 3.8) is 0 Å². The number of nitrogens with one attached hydrogen (secondary N) is 1. The average Bonchev–Trinajstić information content (AvgIpc) is 2.98. The highest BCUT2D eigenvalue weighted by molar-refractivity contribution is 8.00. The smallest absolute Gasteiger partial charge is 0.237 e. The molecule has 1 N–H and O–H groups in total. The van der Waals surface area contributed by atoms with E-state index in [0.717, 1.165) is 52.6 Å². The molecule has 0 saturated carbocycles. The van der Waals surface area contributed by atoms with Gasteiger partial charge in [0.25, 0.3) is 0 Å². The topological polar surface area (TPSA) is 54.9 Å². The standard InChI is InChI=1S/C20H25N3OS/c1-11-9-12(2)18(13(3)10-11)23-19(24)14(4)25-20-16-7-6-8-17(16)21-15(5)22-20/h9-10,14H,6-8H2,1-5H3,(H,23,24)/t14-/m0/s1. The largest absolute Gasteiger partial charge is 0.325 e. The maximum Gasteiger partial charge on any atom is 0.237 e. The fraction of sp³-hybridized carbons (Fsp3) is 0.450. The summed E-state index contributed by atoms with van der Waals surface area (Å²) in [6.07, 6.45) is 3.17. The van der Waals surface area contributed by atoms with Crippen LogP contribution in [0.2, 0.25) is 0 Å². The van der Waals surface area contributed by atoms with Crippen molar-refractivity contribution in [1.29, 1.82) is 0 Å². The van der Waals surface area contributed by atoms with Gasteiger partial charge in [-0.05, 0) is 65.0 Å². The maximum atomic E-state index is 12.7. The van der Waals surface area contributed by atoms with E-state index in [4.69, 9.17) is 0 Å². The Morgan fingerprint density at radius 2 is 1.80 bits per heavy atom. The summed E-state index contributed by atoms with van der Waals surface area (Å²) in [6.45, 7) is 10.0. The van der Waals surface area contributed by atoms with E-state index in [0.29, 0.717) is 0 Å². The minimum atomic E-state index is -0.209. The summed E-state index contributed by atoms with van der Waals surface area (Å²) in [5.74, 6) is 0.809. The molecule has 0 saturated heterocycles. The molecule has 1 heterocycles. The van der Waals surface area contributed by atoms with Crippen molar-refractivity contribution in [3.8, 4) is 0 Å². The van der Waals surface area contributed by atoms with Gasteiger partial charge in [0.15, 0.2) is 0 Å². The van der Waals surface area contributed by atoms with Gasteiger partial charge in [0.2, 0.25) is 5.91 Å². The van der Waals surface area contributed by atoms with Crippen molar-refractivity contribution < 1.29 is 4.79 Å². The summed E-state index contributed by atoms with van der Waals surface area (Å²) in [4.78, 5) is 21.8. The van der Waals surface area contributed by atoms with Crippen molar-refractivity contribution in [1.82, 2.24) is 9.97 Å². The van der Waals surface area contributed by atoms with Gasteiger partial charge in [-0.1, -0.05) is 29.5 Å². The minimum absolute atomic E-state index is 0.0167. The summed E-state index contributed by atoms with van der Waals surface area (Å²) >= 11 is 1.54. The first-order valence-corrected chi connectivity index (χ1v) is 9.65. The summed E-state index contributed by atoms with van der Waals surface area (Å²) in [5, 5.41) is 3.87. The van der Waals surface area contributed by atoms with Crippen LogP contribution in [0.25, 0.3) is 0 Å². The van der Waals surface area contributed by atoms with Gasteiger partial charge in [-0.3, -0.25) is 4.79 Å². The third kappa shape index (κ3) is 3.87. The van der Waals surface area contributed by atoms with Crippen LogP contribution in [0.3, 0.4) is 0 Å². The normalized spacial score (nSPS) is 14.3. The van der Waals surface area contributed by atoms with Crippen molar-refractivity contribution in [2.45, 2.75) is 64.2 Å². The molecule has 0 radical (unpaired) electrons. The molecule has 0 fully saturated rings. The molecule has 1 aliphatic carbocycles. The SMILES string of the molecule is Cc1cc(C)c(NC(=O)[C@H](C)Sc2nc(C)nc3c2CCC3)c(C)c1. The van der Waals surface area contributed by atoms with Gasteiger partial charge < -0.3 is 5.32 Å². The van der Waals surface area contributed by atoms with E-state index in [-0.39, 0.29) is 11.2 Å². The highest BCUT2D eigenvalue weighted by atomic mass is 32.2. The van der Waals surface area contributed by atoms with E-state index in [1.807, 2.05) is 27.7 Å². The molecule has 1 amide bonds. The van der Waals surface area contributed by atoms with Crippen molar-refractivity contribution in [3.05, 3.63) is 45.9 Å². The Labute approximate surface area is 153 Å². The Balaban J connectivity index is 1.76. The zero-order valence-electron chi connectivity index (χ0n) is 15.6. The molecule has 5 heteroatoms. The number of hydrogen-bond acceptors (Lipinski definition) is 4. The number of nitrogens with zero attached hydrogens (tertiary/aromatic N) is 2. The lowest BCUT2D eigenvalue weighted by Gasteiger charge is -2.17. The zero-order valence-corrected chi connectivity index (χ0v) is 16.4. The summed E-state index contributed by atoms with van der Waals surface area (Å²) in [7, 11) is 0. The maximum absolute atomic E-state index is 12.7. The van der Waals surface area contributed by atoms with Crippen LogP contribution >= 0.6 is 11.8 Å². The Hall–Kier alpha value is -1.88. The molecule has 132 valence electrons. The van der Waals surface area contributed by atoms with Crippen molar-refractivity contribution in [2.24, 2.45) is 0 Å². The lowest BCUT2D eigenvalue weighted by molar-refractivity contribution is -0.115. The predicted molar refractivity (Wildman–Crippen MR) is 103 cm³/mol. The van der Waals surface area contributed by atoms with E-state index >= 15 is 0 Å². The number of aryl methyl sites for hydroxylation is 5. The average molecular weight is 356 g/mol. The molecule has 4 nitrogen and oxygen atoms in total. The molecule has 3 rings (SSSR count). The number of hydrogen-bond donors (Lipinski definition) is 1. The molecular weight excluding hydrogens is 330 g/mol. The summed E-state index contributed by atoms with van der Waals surface area (Å²) in [6, 6.07) is 4.20. The van der Waals surface area contributed by atoms with Gasteiger partial charge in [0, 0.05) is 16.9 Å². The van der Waals surface area contributed by atoms with Crippen LogP contribution in [0.1, 0.15) is 47.1 Å². The molecule has 1 atom stereocenters. The van der Waals surface area contributed by atoms with Crippen LogP contribution < -0.4 is 5.32 Å². The van der Waals surface area contributed by atoms with Gasteiger partial charge in [0.1, 0.15) is 10.9 Å². The fourth-order valence-corrected chi connectivity index (χ4v) is 4.48. The molecule has 0 unspecified atom stereocenters. The highest BCUT2D eigenvalue weighted by Crippen LogP contribution is 2.32. The van der Waals surface area contributed by atoms with E-state index in [9.17, 15) is 4.79 Å². The number of aromatic nitrogens is 2. The second kappa shape index (κ2) is 7.16. The van der Waals surface area contributed by atoms with Crippen LogP contribution in [0.4, 0.5) is 5.69 Å². The molecule has 1 aliphatic rings. The Morgan fingerprint density at radius 3 is 2.48 bits per heavy atom. The van der Waals surface area contributed by atoms with Crippen LogP contribution in [0.15, 0.2) is 17.2 Å². The number of rotatable bonds is 4. The molecule has 1 aromatic carbocycles. The number of fused-ring (bicyclic) bond motifs is 1. The van der Waals surface area contributed by atoms with Gasteiger partial charge in [-0.15, -0.1) is 0 Å². The van der Waals surface area contributed by atoms with Gasteiger partial charge in [0.05, 0.1) is 5.25 Å². The monoisotopic (exact) mass is 355 g/mol. The third-order valence-corrected chi connectivity index (χ3v) is 5.72. The van der Waals surface area contributed by atoms with Crippen LogP contribution in [-0.2, 0) is 17.6 Å². The number of amides is 1. The Morgan fingerprint density at radius 1 is 1.12 bits per heavy atom.